The topological polar surface area (TPSA) is 59.8 Å². The Balaban J connectivity index is 1.80. The predicted octanol–water partition coefficient (Wildman–Crippen LogP) is 3.37. The fourth-order valence-electron chi connectivity index (χ4n) is 2.70. The Morgan fingerprint density at radius 3 is 2.74 bits per heavy atom. The number of rotatable bonds is 2. The van der Waals surface area contributed by atoms with E-state index in [1.54, 1.807) is 18.3 Å². The number of nitrogens with one attached hydrogen (secondary N) is 1. The normalized spacial score (nSPS) is 11.0. The minimum atomic E-state index is -0.171. The summed E-state index contributed by atoms with van der Waals surface area (Å²) in [5, 5.41) is 4.93. The van der Waals surface area contributed by atoms with Crippen LogP contribution in [0.2, 0.25) is 0 Å². The van der Waals surface area contributed by atoms with Gasteiger partial charge in [0.2, 0.25) is 5.95 Å². The minimum absolute atomic E-state index is 0.171. The number of pyridine rings is 1. The molecule has 112 valence electrons. The van der Waals surface area contributed by atoms with E-state index >= 15 is 0 Å². The Morgan fingerprint density at radius 1 is 1.09 bits per heavy atom. The monoisotopic (exact) mass is 302 g/mol. The number of aryl methyl sites for hydroxylation is 1. The van der Waals surface area contributed by atoms with Crippen LogP contribution >= 0.6 is 0 Å². The molecule has 0 saturated carbocycles. The quantitative estimate of drug-likeness (QED) is 0.617. The first kappa shape index (κ1) is 13.5. The zero-order valence-electron chi connectivity index (χ0n) is 12.5. The maximum atomic E-state index is 12.3. The second kappa shape index (κ2) is 5.21. The second-order valence-electron chi connectivity index (χ2n) is 5.34. The van der Waals surface area contributed by atoms with E-state index in [4.69, 9.17) is 0 Å². The number of fused-ring (bicyclic) bond motifs is 3. The third-order valence-corrected chi connectivity index (χ3v) is 3.93. The van der Waals surface area contributed by atoms with Gasteiger partial charge in [0, 0.05) is 35.8 Å². The fourth-order valence-corrected chi connectivity index (χ4v) is 2.70. The summed E-state index contributed by atoms with van der Waals surface area (Å²) in [6, 6.07) is 15.0. The summed E-state index contributed by atoms with van der Waals surface area (Å²) in [6.45, 7) is 0. The number of hydrogen-bond donors (Lipinski definition) is 1. The lowest BCUT2D eigenvalue weighted by atomic mass is 10.1. The lowest BCUT2D eigenvalue weighted by molar-refractivity contribution is 0.102. The summed E-state index contributed by atoms with van der Waals surface area (Å²) < 4.78 is 1.88. The SMILES string of the molecule is Cn1c(NC(=O)c2ccccc2)nc2c3ccncc3ccc21. The summed E-state index contributed by atoms with van der Waals surface area (Å²) in [6.07, 6.45) is 3.56. The average molecular weight is 302 g/mol. The van der Waals surface area contributed by atoms with Crippen molar-refractivity contribution in [2.75, 3.05) is 5.32 Å². The molecule has 0 aliphatic heterocycles. The van der Waals surface area contributed by atoms with Gasteiger partial charge in [0.1, 0.15) is 0 Å². The summed E-state index contributed by atoms with van der Waals surface area (Å²) in [5.74, 6) is 0.355. The van der Waals surface area contributed by atoms with Gasteiger partial charge in [-0.1, -0.05) is 24.3 Å². The molecule has 0 spiro atoms. The Kier molecular flexibility index (Phi) is 3.05. The van der Waals surface area contributed by atoms with E-state index in [1.165, 1.54) is 0 Å². The number of carbonyl (C=O) groups is 1. The van der Waals surface area contributed by atoms with Gasteiger partial charge in [-0.05, 0) is 24.3 Å². The molecular weight excluding hydrogens is 288 g/mol. The van der Waals surface area contributed by atoms with Crippen molar-refractivity contribution in [3.05, 3.63) is 66.5 Å². The number of nitrogens with zero attached hydrogens (tertiary/aromatic N) is 3. The molecule has 0 unspecified atom stereocenters. The molecule has 1 N–H and O–H groups in total. The van der Waals surface area contributed by atoms with Crippen LogP contribution in [0.25, 0.3) is 21.8 Å². The Bertz CT molecular complexity index is 1020. The van der Waals surface area contributed by atoms with Gasteiger partial charge in [-0.2, -0.15) is 0 Å². The predicted molar refractivity (Wildman–Crippen MR) is 90.4 cm³/mol. The lowest BCUT2D eigenvalue weighted by Crippen LogP contribution is -2.14. The Labute approximate surface area is 132 Å². The van der Waals surface area contributed by atoms with Crippen LogP contribution in [0.1, 0.15) is 10.4 Å². The molecule has 5 heteroatoms. The van der Waals surface area contributed by atoms with E-state index in [9.17, 15) is 4.79 Å². The molecule has 0 aliphatic carbocycles. The standard InChI is InChI=1S/C18H14N4O/c1-22-15-8-7-13-11-19-10-9-14(13)16(15)20-18(22)21-17(23)12-5-3-2-4-6-12/h2-11H,1H3,(H,20,21,23). The van der Waals surface area contributed by atoms with Gasteiger partial charge in [0.15, 0.2) is 0 Å². The molecule has 5 nitrogen and oxygen atoms in total. The Hall–Kier alpha value is -3.21. The van der Waals surface area contributed by atoms with E-state index in [-0.39, 0.29) is 5.91 Å². The van der Waals surface area contributed by atoms with E-state index in [0.717, 1.165) is 21.8 Å². The number of aromatic nitrogens is 3. The number of hydrogen-bond acceptors (Lipinski definition) is 3. The molecule has 2 heterocycles. The zero-order chi connectivity index (χ0) is 15.8. The summed E-state index contributed by atoms with van der Waals surface area (Å²) >= 11 is 0. The second-order valence-corrected chi connectivity index (χ2v) is 5.34. The first-order chi connectivity index (χ1) is 11.2. The van der Waals surface area contributed by atoms with Gasteiger partial charge in [0.25, 0.3) is 5.91 Å². The third-order valence-electron chi connectivity index (χ3n) is 3.93. The van der Waals surface area contributed by atoms with Crippen molar-refractivity contribution in [1.82, 2.24) is 14.5 Å². The zero-order valence-corrected chi connectivity index (χ0v) is 12.5. The largest absolute Gasteiger partial charge is 0.313 e. The van der Waals surface area contributed by atoms with Gasteiger partial charge < -0.3 is 4.57 Å². The van der Waals surface area contributed by atoms with Gasteiger partial charge in [-0.25, -0.2) is 4.98 Å². The van der Waals surface area contributed by atoms with Crippen molar-refractivity contribution in [2.45, 2.75) is 0 Å². The van der Waals surface area contributed by atoms with Crippen molar-refractivity contribution in [3.63, 3.8) is 0 Å². The van der Waals surface area contributed by atoms with Crippen LogP contribution in [-0.2, 0) is 7.05 Å². The summed E-state index contributed by atoms with van der Waals surface area (Å²) in [5.41, 5.74) is 2.43. The maximum absolute atomic E-state index is 12.3. The van der Waals surface area contributed by atoms with Crippen molar-refractivity contribution >= 4 is 33.7 Å². The first-order valence-electron chi connectivity index (χ1n) is 7.29. The van der Waals surface area contributed by atoms with Crippen LogP contribution in [0.5, 0.6) is 0 Å². The summed E-state index contributed by atoms with van der Waals surface area (Å²) in [7, 11) is 1.89. The molecule has 4 aromatic rings. The van der Waals surface area contributed by atoms with Crippen LogP contribution in [-0.4, -0.2) is 20.4 Å². The molecule has 0 saturated heterocycles. The molecule has 0 atom stereocenters. The molecule has 0 fully saturated rings. The number of benzene rings is 2. The van der Waals surface area contributed by atoms with Gasteiger partial charge >= 0.3 is 0 Å². The lowest BCUT2D eigenvalue weighted by Gasteiger charge is -2.04. The number of imidazole rings is 1. The highest BCUT2D eigenvalue weighted by Gasteiger charge is 2.13. The molecule has 1 amide bonds. The van der Waals surface area contributed by atoms with Gasteiger partial charge in [0.05, 0.1) is 11.0 Å². The highest BCUT2D eigenvalue weighted by atomic mass is 16.1. The van der Waals surface area contributed by atoms with Gasteiger partial charge in [-0.3, -0.25) is 15.1 Å². The third kappa shape index (κ3) is 2.23. The molecule has 0 radical (unpaired) electrons. The van der Waals surface area contributed by atoms with Crippen molar-refractivity contribution in [3.8, 4) is 0 Å². The maximum Gasteiger partial charge on any atom is 0.257 e. The minimum Gasteiger partial charge on any atom is -0.313 e. The fraction of sp³-hybridized carbons (Fsp3) is 0.0556. The molecule has 2 aromatic heterocycles. The van der Waals surface area contributed by atoms with E-state index in [2.05, 4.69) is 15.3 Å². The van der Waals surface area contributed by atoms with E-state index in [0.29, 0.717) is 11.5 Å². The summed E-state index contributed by atoms with van der Waals surface area (Å²) in [4.78, 5) is 21.1. The molecule has 0 aliphatic rings. The van der Waals surface area contributed by atoms with Crippen LogP contribution in [0.15, 0.2) is 60.9 Å². The van der Waals surface area contributed by atoms with Crippen LogP contribution in [0, 0.1) is 0 Å². The number of amides is 1. The molecule has 4 rings (SSSR count). The van der Waals surface area contributed by atoms with Crippen LogP contribution < -0.4 is 5.32 Å². The highest BCUT2D eigenvalue weighted by Crippen LogP contribution is 2.26. The molecular formula is C18H14N4O. The molecule has 2 aromatic carbocycles. The molecule has 23 heavy (non-hydrogen) atoms. The van der Waals surface area contributed by atoms with E-state index in [1.807, 2.05) is 54.2 Å². The Morgan fingerprint density at radius 2 is 1.91 bits per heavy atom. The van der Waals surface area contributed by atoms with Crippen molar-refractivity contribution < 1.29 is 4.79 Å². The molecule has 0 bridgehead atoms. The number of anilines is 1. The smallest absolute Gasteiger partial charge is 0.257 e. The average Bonchev–Trinajstić information content (AvgIpc) is 2.92. The highest BCUT2D eigenvalue weighted by molar-refractivity contribution is 6.07. The van der Waals surface area contributed by atoms with E-state index < -0.39 is 0 Å². The first-order valence-corrected chi connectivity index (χ1v) is 7.29. The van der Waals surface area contributed by atoms with Crippen LogP contribution in [0.3, 0.4) is 0 Å². The van der Waals surface area contributed by atoms with Crippen molar-refractivity contribution in [1.29, 1.82) is 0 Å². The van der Waals surface area contributed by atoms with Crippen molar-refractivity contribution in [2.24, 2.45) is 7.05 Å². The van der Waals surface area contributed by atoms with Crippen LogP contribution in [0.4, 0.5) is 5.95 Å². The number of carbonyl (C=O) groups excluding carboxylic acids is 1. The van der Waals surface area contributed by atoms with Gasteiger partial charge in [-0.15, -0.1) is 0 Å².